The molecule has 0 bridgehead atoms. The molecule has 0 saturated carbocycles. The Hall–Kier alpha value is -2.90. The summed E-state index contributed by atoms with van der Waals surface area (Å²) in [4.78, 5) is 22.5. The molecule has 0 atom stereocenters. The minimum absolute atomic E-state index is 0.143. The molecule has 2 rings (SSSR count). The van der Waals surface area contributed by atoms with Gasteiger partial charge < -0.3 is 15.7 Å². The van der Waals surface area contributed by atoms with Crippen molar-refractivity contribution >= 4 is 17.7 Å². The van der Waals surface area contributed by atoms with Crippen LogP contribution in [0.2, 0.25) is 0 Å². The Labute approximate surface area is 120 Å². The van der Waals surface area contributed by atoms with Crippen molar-refractivity contribution in [3.63, 3.8) is 0 Å². The van der Waals surface area contributed by atoms with Gasteiger partial charge >= 0.3 is 12.0 Å². The van der Waals surface area contributed by atoms with E-state index in [0.717, 1.165) is 0 Å². The number of aromatic nitrogens is 3. The average Bonchev–Trinajstić information content (AvgIpc) is 2.93. The summed E-state index contributed by atoms with van der Waals surface area (Å²) < 4.78 is 1.60. The molecule has 110 valence electrons. The van der Waals surface area contributed by atoms with E-state index in [0.29, 0.717) is 24.3 Å². The summed E-state index contributed by atoms with van der Waals surface area (Å²) in [6, 6.07) is 6.39. The van der Waals surface area contributed by atoms with Crippen molar-refractivity contribution in [1.29, 1.82) is 0 Å². The number of benzene rings is 1. The third-order valence-corrected chi connectivity index (χ3v) is 2.71. The maximum atomic E-state index is 11.8. The topological polar surface area (TPSA) is 109 Å². The minimum Gasteiger partial charge on any atom is -0.481 e. The number of nitrogens with one attached hydrogen (secondary N) is 2. The molecule has 0 aliphatic rings. The summed E-state index contributed by atoms with van der Waals surface area (Å²) in [6.45, 7) is 0.889. The number of rotatable bonds is 6. The molecule has 0 aliphatic heterocycles. The number of aliphatic carboxylic acids is 1. The van der Waals surface area contributed by atoms with Crippen LogP contribution in [0.25, 0.3) is 0 Å². The highest BCUT2D eigenvalue weighted by atomic mass is 16.4. The second-order valence-electron chi connectivity index (χ2n) is 4.27. The molecule has 2 aromatic rings. The van der Waals surface area contributed by atoms with Gasteiger partial charge in [0.25, 0.3) is 0 Å². The molecule has 3 N–H and O–H groups in total. The third-order valence-electron chi connectivity index (χ3n) is 2.71. The maximum Gasteiger partial charge on any atom is 0.319 e. The number of nitrogens with zero attached hydrogens (tertiary/aromatic N) is 3. The zero-order valence-electron chi connectivity index (χ0n) is 11.2. The molecule has 1 aromatic carbocycles. The Morgan fingerprint density at radius 3 is 2.81 bits per heavy atom. The summed E-state index contributed by atoms with van der Waals surface area (Å²) in [7, 11) is 0. The molecule has 0 aliphatic carbocycles. The number of carbonyl (C=O) groups excluding carboxylic acids is 1. The number of carboxylic acid groups (broad SMARTS) is 1. The molecule has 0 radical (unpaired) electrons. The van der Waals surface area contributed by atoms with E-state index < -0.39 is 12.0 Å². The predicted octanol–water partition coefficient (Wildman–Crippen LogP) is 0.727. The Balaban J connectivity index is 1.86. The maximum absolute atomic E-state index is 11.8. The van der Waals surface area contributed by atoms with E-state index >= 15 is 0 Å². The van der Waals surface area contributed by atoms with Crippen LogP contribution < -0.4 is 10.6 Å². The fraction of sp³-hybridized carbons (Fsp3) is 0.231. The molecule has 0 saturated heterocycles. The van der Waals surface area contributed by atoms with Crippen LogP contribution in [-0.4, -0.2) is 38.6 Å². The number of hydrogen-bond acceptors (Lipinski definition) is 4. The van der Waals surface area contributed by atoms with Crippen molar-refractivity contribution in [2.45, 2.75) is 13.0 Å². The van der Waals surface area contributed by atoms with Crippen molar-refractivity contribution in [1.82, 2.24) is 20.3 Å². The molecule has 8 nitrogen and oxygen atoms in total. The van der Waals surface area contributed by atoms with E-state index in [-0.39, 0.29) is 6.42 Å². The van der Waals surface area contributed by atoms with Crippen LogP contribution in [0.4, 0.5) is 10.5 Å². The first-order valence-corrected chi connectivity index (χ1v) is 6.34. The smallest absolute Gasteiger partial charge is 0.319 e. The third kappa shape index (κ3) is 4.60. The van der Waals surface area contributed by atoms with Crippen molar-refractivity contribution in [2.24, 2.45) is 0 Å². The van der Waals surface area contributed by atoms with Gasteiger partial charge in [-0.25, -0.2) is 4.79 Å². The van der Waals surface area contributed by atoms with Gasteiger partial charge in [0, 0.05) is 18.4 Å². The van der Waals surface area contributed by atoms with Gasteiger partial charge in [0.15, 0.2) is 0 Å². The Morgan fingerprint density at radius 2 is 2.10 bits per heavy atom. The first kappa shape index (κ1) is 14.5. The normalized spacial score (nSPS) is 10.1. The average molecular weight is 289 g/mol. The highest BCUT2D eigenvalue weighted by molar-refractivity contribution is 5.90. The van der Waals surface area contributed by atoms with E-state index in [2.05, 4.69) is 20.9 Å². The largest absolute Gasteiger partial charge is 0.481 e. The van der Waals surface area contributed by atoms with Gasteiger partial charge in [-0.2, -0.15) is 0 Å². The lowest BCUT2D eigenvalue weighted by Gasteiger charge is -2.10. The van der Waals surface area contributed by atoms with E-state index in [1.807, 2.05) is 0 Å². The van der Waals surface area contributed by atoms with Gasteiger partial charge in [0.1, 0.15) is 0 Å². The van der Waals surface area contributed by atoms with Gasteiger partial charge in [0.2, 0.25) is 0 Å². The molecule has 2 amide bonds. The predicted molar refractivity (Wildman–Crippen MR) is 74.8 cm³/mol. The summed E-state index contributed by atoms with van der Waals surface area (Å²) in [5.41, 5.74) is 1.04. The zero-order chi connectivity index (χ0) is 15.1. The lowest BCUT2D eigenvalue weighted by Crippen LogP contribution is -2.32. The molecule has 1 heterocycles. The van der Waals surface area contributed by atoms with Crippen LogP contribution >= 0.6 is 0 Å². The lowest BCUT2D eigenvalue weighted by molar-refractivity contribution is -0.136. The minimum atomic E-state index is -0.948. The molecule has 0 spiro atoms. The second-order valence-corrected chi connectivity index (χ2v) is 4.27. The lowest BCUT2D eigenvalue weighted by atomic mass is 10.1. The standard InChI is InChI=1S/C13H15N5O3/c19-12(20)9-10-3-1-2-4-11(10)16-13(21)14-5-7-18-8-6-15-17-18/h1-4,6,8H,5,7,9H2,(H,19,20)(H2,14,16,21). The summed E-state index contributed by atoms with van der Waals surface area (Å²) in [5.74, 6) is -0.948. The van der Waals surface area contributed by atoms with Crippen LogP contribution in [-0.2, 0) is 17.8 Å². The quantitative estimate of drug-likeness (QED) is 0.726. The van der Waals surface area contributed by atoms with Crippen LogP contribution in [0.5, 0.6) is 0 Å². The Kier molecular flexibility index (Phi) is 4.86. The number of anilines is 1. The van der Waals surface area contributed by atoms with E-state index in [4.69, 9.17) is 5.11 Å². The highest BCUT2D eigenvalue weighted by Gasteiger charge is 2.08. The van der Waals surface area contributed by atoms with Gasteiger partial charge in [-0.15, -0.1) is 5.10 Å². The van der Waals surface area contributed by atoms with Gasteiger partial charge in [-0.1, -0.05) is 23.4 Å². The molecular weight excluding hydrogens is 274 g/mol. The van der Waals surface area contributed by atoms with E-state index in [1.54, 1.807) is 41.3 Å². The van der Waals surface area contributed by atoms with Crippen molar-refractivity contribution in [2.75, 3.05) is 11.9 Å². The second kappa shape index (κ2) is 7.04. The number of hydrogen-bond donors (Lipinski definition) is 3. The van der Waals surface area contributed by atoms with Gasteiger partial charge in [0.05, 0.1) is 19.2 Å². The molecular formula is C13H15N5O3. The highest BCUT2D eigenvalue weighted by Crippen LogP contribution is 2.15. The van der Waals surface area contributed by atoms with Crippen molar-refractivity contribution in [3.05, 3.63) is 42.2 Å². The van der Waals surface area contributed by atoms with Crippen LogP contribution in [0.15, 0.2) is 36.7 Å². The van der Waals surface area contributed by atoms with Crippen LogP contribution in [0, 0.1) is 0 Å². The van der Waals surface area contributed by atoms with E-state index in [9.17, 15) is 9.59 Å². The molecule has 21 heavy (non-hydrogen) atoms. The summed E-state index contributed by atoms with van der Waals surface area (Å²) in [6.07, 6.45) is 3.11. The number of amides is 2. The molecule has 8 heteroatoms. The molecule has 0 fully saturated rings. The Morgan fingerprint density at radius 1 is 1.29 bits per heavy atom. The molecule has 1 aromatic heterocycles. The monoisotopic (exact) mass is 289 g/mol. The van der Waals surface area contributed by atoms with E-state index in [1.165, 1.54) is 0 Å². The number of para-hydroxylation sites is 1. The number of carbonyl (C=O) groups is 2. The summed E-state index contributed by atoms with van der Waals surface area (Å²) >= 11 is 0. The SMILES string of the molecule is O=C(O)Cc1ccccc1NC(=O)NCCn1ccnn1. The summed E-state index contributed by atoms with van der Waals surface area (Å²) in [5, 5.41) is 21.6. The van der Waals surface area contributed by atoms with Gasteiger partial charge in [-0.05, 0) is 11.6 Å². The van der Waals surface area contributed by atoms with Crippen LogP contribution in [0.1, 0.15) is 5.56 Å². The van der Waals surface area contributed by atoms with Crippen molar-refractivity contribution in [3.8, 4) is 0 Å². The molecule has 0 unspecified atom stereocenters. The first-order valence-electron chi connectivity index (χ1n) is 6.34. The fourth-order valence-electron chi connectivity index (χ4n) is 1.76. The fourth-order valence-corrected chi connectivity index (χ4v) is 1.76. The Bertz CT molecular complexity index is 612. The first-order chi connectivity index (χ1) is 10.1. The number of carboxylic acids is 1. The zero-order valence-corrected chi connectivity index (χ0v) is 11.2. The number of urea groups is 1. The van der Waals surface area contributed by atoms with Crippen molar-refractivity contribution < 1.29 is 14.7 Å². The van der Waals surface area contributed by atoms with Crippen LogP contribution in [0.3, 0.4) is 0 Å². The van der Waals surface area contributed by atoms with Gasteiger partial charge in [-0.3, -0.25) is 9.48 Å².